The van der Waals surface area contributed by atoms with Crippen molar-refractivity contribution in [3.8, 4) is 0 Å². The largest absolute Gasteiger partial charge is 0.445 e. The number of benzene rings is 2. The number of nitrogens with zero attached hydrogens (tertiary/aromatic N) is 9. The van der Waals surface area contributed by atoms with Gasteiger partial charge in [-0.2, -0.15) is 18.1 Å². The highest BCUT2D eigenvalue weighted by atomic mass is 32.5. The number of nitrogens with one attached hydrogen (secondary N) is 6. The summed E-state index contributed by atoms with van der Waals surface area (Å²) in [6, 6.07) is 10.8. The summed E-state index contributed by atoms with van der Waals surface area (Å²) in [5, 5.41) is 10.7. The van der Waals surface area contributed by atoms with Crippen LogP contribution in [-0.4, -0.2) is 232 Å². The summed E-state index contributed by atoms with van der Waals surface area (Å²) in [7, 11) is -3.12. The number of carbonyl (C=O) groups is 7. The van der Waals surface area contributed by atoms with Crippen LogP contribution in [0.5, 0.6) is 0 Å². The maximum absolute atomic E-state index is 14.0. The molecule has 2 saturated heterocycles. The number of hydrogen-bond acceptors (Lipinski definition) is 26. The number of fused-ring (bicyclic) bond motifs is 2. The third-order valence-corrected chi connectivity index (χ3v) is 17.6. The van der Waals surface area contributed by atoms with Crippen molar-refractivity contribution in [1.29, 1.82) is 0 Å². The molecule has 6 aromatic rings. The van der Waals surface area contributed by atoms with E-state index in [1.807, 2.05) is 0 Å². The number of anilines is 2. The lowest BCUT2D eigenvalue weighted by Gasteiger charge is -2.24. The van der Waals surface area contributed by atoms with Crippen molar-refractivity contribution in [2.24, 2.45) is 5.92 Å². The normalized spacial score (nSPS) is 18.3. The second-order valence-electron chi connectivity index (χ2n) is 23.7. The van der Waals surface area contributed by atoms with E-state index in [1.54, 1.807) is 73.4 Å². The molecule has 0 spiro atoms. The molecule has 9 rings (SSSR count). The first-order valence-electron chi connectivity index (χ1n) is 32.4. The molecule has 0 radical (unpaired) electrons. The molecule has 7 heterocycles. The predicted molar refractivity (Wildman–Crippen MR) is 362 cm³/mol. The molecule has 7 amide bonds. The second-order valence-corrected chi connectivity index (χ2v) is 27.8. The second kappa shape index (κ2) is 37.1. The Balaban J connectivity index is 0.676. The molecular weight excluding hydrogens is 1400 g/mol. The van der Waals surface area contributed by atoms with E-state index >= 15 is 0 Å². The highest BCUT2D eigenvalue weighted by Crippen LogP contribution is 2.40. The number of hydrogen-bond donors (Lipinski definition) is 8. The fraction of sp³-hybridized carbons (Fsp3) is 0.500. The number of amides is 7. The van der Waals surface area contributed by atoms with Gasteiger partial charge in [0.05, 0.1) is 110 Å². The minimum Gasteiger partial charge on any atom is -0.445 e. The molecule has 0 aliphatic carbocycles. The number of rotatable bonds is 40. The Morgan fingerprint density at radius 3 is 2.14 bits per heavy atom. The van der Waals surface area contributed by atoms with Crippen molar-refractivity contribution in [2.45, 2.75) is 102 Å². The zero-order valence-corrected chi connectivity index (χ0v) is 58.5. The molecular formula is C62H80N15O22PS2. The van der Waals surface area contributed by atoms with Crippen LogP contribution in [0.2, 0.25) is 0 Å². The summed E-state index contributed by atoms with van der Waals surface area (Å²) in [5.41, 5.74) is 1.29. The maximum Gasteiger partial charge on any atom is 0.410 e. The molecule has 552 valence electrons. The topological polar surface area (TPSA) is 460 Å². The Morgan fingerprint density at radius 1 is 0.784 bits per heavy atom. The van der Waals surface area contributed by atoms with E-state index in [4.69, 9.17) is 46.6 Å². The van der Waals surface area contributed by atoms with E-state index in [0.717, 1.165) is 11.2 Å². The third kappa shape index (κ3) is 22.7. The molecule has 4 aromatic heterocycles. The highest BCUT2D eigenvalue weighted by molar-refractivity contribution is 8.06. The summed E-state index contributed by atoms with van der Waals surface area (Å²) in [6.45, 7) is 2.75. The highest BCUT2D eigenvalue weighted by Gasteiger charge is 2.43. The van der Waals surface area contributed by atoms with Crippen molar-refractivity contribution >= 4 is 104 Å². The fourth-order valence-corrected chi connectivity index (χ4v) is 12.1. The van der Waals surface area contributed by atoms with Crippen LogP contribution in [0.15, 0.2) is 90.7 Å². The maximum atomic E-state index is 14.0. The first-order chi connectivity index (χ1) is 48.9. The zero-order valence-electron chi connectivity index (χ0n) is 56.0. The van der Waals surface area contributed by atoms with Gasteiger partial charge in [-0.25, -0.2) is 28.9 Å². The number of aromatic amines is 1. The zero-order chi connectivity index (χ0) is 72.9. The van der Waals surface area contributed by atoms with Gasteiger partial charge in [0, 0.05) is 56.4 Å². The Hall–Kier alpha value is -8.51. The summed E-state index contributed by atoms with van der Waals surface area (Å²) < 4.78 is 88.4. The smallest absolute Gasteiger partial charge is 0.410 e. The Bertz CT molecular complexity index is 4140. The summed E-state index contributed by atoms with van der Waals surface area (Å²) in [5.74, 6) is -3.67. The van der Waals surface area contributed by atoms with Gasteiger partial charge in [0.25, 0.3) is 23.3 Å². The summed E-state index contributed by atoms with van der Waals surface area (Å²) >= 11 is 4.61. The molecule has 102 heavy (non-hydrogen) atoms. The monoisotopic (exact) mass is 1480 g/mol. The van der Waals surface area contributed by atoms with Crippen LogP contribution >= 0.6 is 6.72 Å². The quantitative estimate of drug-likeness (QED) is 0.0153. The Labute approximate surface area is 589 Å². The van der Waals surface area contributed by atoms with E-state index in [1.165, 1.54) is 48.0 Å². The van der Waals surface area contributed by atoms with Crippen LogP contribution in [0.3, 0.4) is 0 Å². The summed E-state index contributed by atoms with van der Waals surface area (Å²) in [4.78, 5) is 149. The number of imidazole rings is 2. The van der Waals surface area contributed by atoms with E-state index in [0.29, 0.717) is 80.5 Å². The van der Waals surface area contributed by atoms with Gasteiger partial charge in [-0.3, -0.25) is 57.9 Å². The van der Waals surface area contributed by atoms with Gasteiger partial charge in [0.2, 0.25) is 23.7 Å². The van der Waals surface area contributed by atoms with Crippen LogP contribution in [0.4, 0.5) is 16.4 Å². The lowest BCUT2D eigenvalue weighted by atomic mass is 10.0. The van der Waals surface area contributed by atoms with E-state index in [2.05, 4.69) is 67.7 Å². The minimum atomic E-state index is -4.58. The van der Waals surface area contributed by atoms with Crippen molar-refractivity contribution in [2.75, 3.05) is 103 Å². The van der Waals surface area contributed by atoms with E-state index in [9.17, 15) is 56.6 Å². The number of H-pyrrole nitrogens is 1. The molecule has 2 aromatic carbocycles. The Kier molecular flexibility index (Phi) is 28.2. The standard InChI is InChI=1S/C62H80N15O22PS2/c1-38(2)52(70-48(78)17-19-90-21-23-92-25-27-94-28-26-93-24-22-91-20-18-75-49(79)14-15-50(75)80)58(83)68-39(3)56(81)69-42-11-9-40(10-12-42)33-95-62(85)74(4)32-41-7-5-6-8-45(41)57(82)72-61-71-55-53(59(84)73-61)66-37-77(55)60-47(29-44(98-60)34-96-100(86,87)101)99-102(88,89)67-30-43-13-16-51(97-43)76-36-65-46-31-63-35-64-54(46)76/h5-12,14-15,31,35-39,43-44,47,51-52,60,67H,13,16-30,32-34H2,1-4H3,(H,68,83)(H,69,81)(H,70,78)(H2,86,87,101)(H2,71,72,73,82,84)/t39-,43-,44-,47+,51+,52?,60+/m0/s1. The van der Waals surface area contributed by atoms with Crippen LogP contribution in [0, 0.1) is 5.92 Å². The van der Waals surface area contributed by atoms with Gasteiger partial charge < -0.3 is 73.1 Å². The van der Waals surface area contributed by atoms with Gasteiger partial charge in [-0.15, -0.1) is 0 Å². The fourth-order valence-electron chi connectivity index (χ4n) is 10.6. The van der Waals surface area contributed by atoms with E-state index < -0.39 is 102 Å². The van der Waals surface area contributed by atoms with Crippen LogP contribution in [-0.2, 0) is 106 Å². The molecule has 8 N–H and O–H groups in total. The van der Waals surface area contributed by atoms with Crippen LogP contribution in [0.25, 0.3) is 22.3 Å². The van der Waals surface area contributed by atoms with E-state index in [-0.39, 0.29) is 106 Å². The van der Waals surface area contributed by atoms with Crippen molar-refractivity contribution in [3.05, 3.63) is 113 Å². The average Bonchev–Trinajstić information content (AvgIpc) is 1.62. The molecule has 37 nitrogen and oxygen atoms in total. The lowest BCUT2D eigenvalue weighted by Crippen LogP contribution is -2.53. The van der Waals surface area contributed by atoms with Gasteiger partial charge in [0.15, 0.2) is 23.0 Å². The first kappa shape index (κ1) is 77.6. The average molecular weight is 1480 g/mol. The number of aromatic nitrogens is 8. The predicted octanol–water partition coefficient (Wildman–Crippen LogP) is 1.37. The van der Waals surface area contributed by atoms with Crippen LogP contribution < -0.4 is 31.5 Å². The molecule has 2 fully saturated rings. The number of ether oxygens (including phenoxy) is 8. The minimum absolute atomic E-state index is 0.0267. The molecule has 0 bridgehead atoms. The molecule has 7 atom stereocenters. The third-order valence-electron chi connectivity index (χ3n) is 15.8. The van der Waals surface area contributed by atoms with Gasteiger partial charge in [-0.05, 0) is 66.8 Å². The van der Waals surface area contributed by atoms with Crippen molar-refractivity contribution in [3.63, 3.8) is 0 Å². The van der Waals surface area contributed by atoms with Gasteiger partial charge in [0.1, 0.15) is 42.9 Å². The van der Waals surface area contributed by atoms with Crippen molar-refractivity contribution in [1.82, 2.24) is 64.2 Å². The molecule has 3 aliphatic heterocycles. The molecule has 1 unspecified atom stereocenters. The van der Waals surface area contributed by atoms with Gasteiger partial charge in [-0.1, -0.05) is 44.2 Å². The Morgan fingerprint density at radius 2 is 1.45 bits per heavy atom. The molecule has 40 heteroatoms. The molecule has 3 aliphatic rings. The first-order valence-corrected chi connectivity index (χ1v) is 36.4. The molecule has 0 saturated carbocycles. The number of imide groups is 1. The van der Waals surface area contributed by atoms with Crippen molar-refractivity contribution < 1.29 is 98.4 Å². The SMILES string of the molecule is CC(C)C(NC(=O)CCOCCOCCOCCOCCOCCN1C(=O)C=CC1=O)C(=O)N[C@@H](C)C(=O)Nc1ccc(COC(=O)N(C)Cc2ccccc2C(=O)Nc2nc3c(ncn3[C@@H]3O[C@H](COP(O)(O)=S)C[C@H]3OS(=O)(=O)NC[C@@H]3CC[C@H](n4cnc5cncnc54)O3)c(=O)[nH]2)cc1. The number of carbonyl (C=O) groups excluding carboxylic acids is 7. The lowest BCUT2D eigenvalue weighted by molar-refractivity contribution is -0.137. The van der Waals surface area contributed by atoms with Gasteiger partial charge >= 0.3 is 23.1 Å². The summed E-state index contributed by atoms with van der Waals surface area (Å²) in [6.07, 6.45) is 3.31. The van der Waals surface area contributed by atoms with Crippen LogP contribution in [0.1, 0.15) is 80.4 Å².